The quantitative estimate of drug-likeness (QED) is 0.506. The van der Waals surface area contributed by atoms with Gasteiger partial charge in [-0.25, -0.2) is 0 Å². The summed E-state index contributed by atoms with van der Waals surface area (Å²) < 4.78 is 0. The van der Waals surface area contributed by atoms with Crippen molar-refractivity contribution in [2.75, 3.05) is 0 Å². The first kappa shape index (κ1) is 21.7. The fourth-order valence-corrected chi connectivity index (χ4v) is 8.02. The summed E-state index contributed by atoms with van der Waals surface area (Å²) in [4.78, 5) is 0. The second-order valence-corrected chi connectivity index (χ2v) is 12.3. The third kappa shape index (κ3) is 3.58. The van der Waals surface area contributed by atoms with Crippen LogP contribution in [-0.4, -0.2) is 11.2 Å². The summed E-state index contributed by atoms with van der Waals surface area (Å²) in [6, 6.07) is 0. The number of aliphatic hydroxyl groups excluding tert-OH is 1. The van der Waals surface area contributed by atoms with Crippen LogP contribution in [0.15, 0.2) is 23.3 Å². The van der Waals surface area contributed by atoms with Gasteiger partial charge in [0.25, 0.3) is 0 Å². The zero-order valence-corrected chi connectivity index (χ0v) is 20.0. The summed E-state index contributed by atoms with van der Waals surface area (Å²) in [5.41, 5.74) is 4.17. The van der Waals surface area contributed by atoms with Gasteiger partial charge in [0.1, 0.15) is 0 Å². The van der Waals surface area contributed by atoms with E-state index in [4.69, 9.17) is 0 Å². The van der Waals surface area contributed by atoms with Crippen molar-refractivity contribution in [3.8, 4) is 0 Å². The van der Waals surface area contributed by atoms with Gasteiger partial charge in [0.05, 0.1) is 6.10 Å². The average Bonchev–Trinajstić information content (AvgIpc) is 3.03. The fourth-order valence-electron chi connectivity index (χ4n) is 8.02. The van der Waals surface area contributed by atoms with E-state index in [1.165, 1.54) is 44.9 Å². The molecule has 0 radical (unpaired) electrons. The zero-order valence-electron chi connectivity index (χ0n) is 20.0. The number of hydrogen-bond donors (Lipinski definition) is 1. The lowest BCUT2D eigenvalue weighted by Gasteiger charge is -2.55. The molecule has 0 aromatic carbocycles. The monoisotopic (exact) mass is 398 g/mol. The predicted octanol–water partition coefficient (Wildman–Crippen LogP) is 7.55. The van der Waals surface area contributed by atoms with E-state index in [0.717, 1.165) is 48.3 Å². The molecule has 29 heavy (non-hydrogen) atoms. The van der Waals surface area contributed by atoms with Crippen LogP contribution in [0.5, 0.6) is 0 Å². The molecule has 0 aromatic rings. The van der Waals surface area contributed by atoms with Crippen LogP contribution in [0.3, 0.4) is 0 Å². The van der Waals surface area contributed by atoms with Crippen LogP contribution in [0.2, 0.25) is 0 Å². The minimum atomic E-state index is -0.108. The molecule has 3 fully saturated rings. The van der Waals surface area contributed by atoms with E-state index in [2.05, 4.69) is 53.7 Å². The van der Waals surface area contributed by atoms with Crippen LogP contribution in [0, 0.1) is 46.3 Å². The molecule has 4 rings (SSSR count). The van der Waals surface area contributed by atoms with E-state index >= 15 is 0 Å². The third-order valence-corrected chi connectivity index (χ3v) is 10.5. The Morgan fingerprint density at radius 2 is 1.69 bits per heavy atom. The second kappa shape index (κ2) is 7.85. The van der Waals surface area contributed by atoms with Gasteiger partial charge in [-0.1, -0.05) is 77.7 Å². The summed E-state index contributed by atoms with van der Waals surface area (Å²) in [5, 5.41) is 10.2. The van der Waals surface area contributed by atoms with Crippen molar-refractivity contribution < 1.29 is 5.11 Å². The van der Waals surface area contributed by atoms with E-state index in [1.807, 2.05) is 0 Å². The molecule has 0 aliphatic heterocycles. The van der Waals surface area contributed by atoms with Gasteiger partial charge >= 0.3 is 0 Å². The van der Waals surface area contributed by atoms with Crippen LogP contribution < -0.4 is 0 Å². The summed E-state index contributed by atoms with van der Waals surface area (Å²) in [5.74, 6) is 4.97. The molecule has 3 saturated carbocycles. The van der Waals surface area contributed by atoms with Crippen molar-refractivity contribution >= 4 is 0 Å². The van der Waals surface area contributed by atoms with E-state index in [-0.39, 0.29) is 6.10 Å². The van der Waals surface area contributed by atoms with Gasteiger partial charge in [-0.05, 0) is 91.3 Å². The van der Waals surface area contributed by atoms with Crippen LogP contribution in [-0.2, 0) is 0 Å². The highest BCUT2D eigenvalue weighted by Gasteiger charge is 2.56. The lowest BCUT2D eigenvalue weighted by Crippen LogP contribution is -2.46. The van der Waals surface area contributed by atoms with Gasteiger partial charge < -0.3 is 5.11 Å². The molecular formula is C28H46O. The molecular weight excluding hydrogens is 352 g/mol. The molecule has 0 aromatic heterocycles. The summed E-state index contributed by atoms with van der Waals surface area (Å²) >= 11 is 0. The highest BCUT2D eigenvalue weighted by molar-refractivity contribution is 5.38. The van der Waals surface area contributed by atoms with Crippen LogP contribution >= 0.6 is 0 Å². The van der Waals surface area contributed by atoms with E-state index < -0.39 is 0 Å². The number of allylic oxidation sites excluding steroid dienone is 3. The summed E-state index contributed by atoms with van der Waals surface area (Å²) in [7, 11) is 0. The Bertz CT molecular complexity index is 672. The summed E-state index contributed by atoms with van der Waals surface area (Å²) in [6.45, 7) is 14.9. The molecule has 164 valence electrons. The van der Waals surface area contributed by atoms with Crippen LogP contribution in [0.1, 0.15) is 99.3 Å². The maximum absolute atomic E-state index is 10.2. The molecule has 0 spiro atoms. The van der Waals surface area contributed by atoms with E-state index in [9.17, 15) is 5.11 Å². The topological polar surface area (TPSA) is 20.2 Å². The number of fused-ring (bicyclic) bond motifs is 5. The van der Waals surface area contributed by atoms with Gasteiger partial charge in [-0.3, -0.25) is 0 Å². The van der Waals surface area contributed by atoms with Gasteiger partial charge in [0.2, 0.25) is 0 Å². The van der Waals surface area contributed by atoms with Crippen molar-refractivity contribution in [1.82, 2.24) is 0 Å². The van der Waals surface area contributed by atoms with E-state index in [1.54, 1.807) is 11.1 Å². The van der Waals surface area contributed by atoms with Crippen molar-refractivity contribution in [3.63, 3.8) is 0 Å². The number of aliphatic hydroxyl groups is 1. The molecule has 0 saturated heterocycles. The Labute approximate surface area is 180 Å². The Morgan fingerprint density at radius 3 is 2.41 bits per heavy atom. The van der Waals surface area contributed by atoms with Crippen molar-refractivity contribution in [2.24, 2.45) is 46.3 Å². The van der Waals surface area contributed by atoms with Crippen molar-refractivity contribution in [2.45, 2.75) is 105 Å². The SMILES string of the molecule is CC(C)C(C)CCC(C)[C@H]1CCC2C3=CC=C4CC(O)CC[C@]4(C)C3CC[C@@]21C. The van der Waals surface area contributed by atoms with Crippen molar-refractivity contribution in [1.29, 1.82) is 0 Å². The van der Waals surface area contributed by atoms with Gasteiger partial charge in [0.15, 0.2) is 0 Å². The number of hydrogen-bond acceptors (Lipinski definition) is 1. The molecule has 0 heterocycles. The summed E-state index contributed by atoms with van der Waals surface area (Å²) in [6.07, 6.45) is 16.4. The third-order valence-electron chi connectivity index (χ3n) is 10.5. The molecule has 4 aliphatic carbocycles. The van der Waals surface area contributed by atoms with Gasteiger partial charge in [-0.15, -0.1) is 0 Å². The Kier molecular flexibility index (Phi) is 5.86. The first-order valence-corrected chi connectivity index (χ1v) is 12.8. The largest absolute Gasteiger partial charge is 0.393 e. The minimum Gasteiger partial charge on any atom is -0.393 e. The zero-order chi connectivity index (χ0) is 21.0. The maximum atomic E-state index is 10.2. The minimum absolute atomic E-state index is 0.108. The lowest BCUT2D eigenvalue weighted by atomic mass is 9.50. The smallest absolute Gasteiger partial charge is 0.0578 e. The molecule has 1 heteroatoms. The molecule has 0 amide bonds. The van der Waals surface area contributed by atoms with Crippen LogP contribution in [0.25, 0.3) is 0 Å². The Balaban J connectivity index is 1.52. The Hall–Kier alpha value is -0.560. The number of rotatable bonds is 5. The molecule has 0 bridgehead atoms. The molecule has 4 aliphatic rings. The highest BCUT2D eigenvalue weighted by Crippen LogP contribution is 2.66. The maximum Gasteiger partial charge on any atom is 0.0578 e. The van der Waals surface area contributed by atoms with Gasteiger partial charge in [0, 0.05) is 0 Å². The van der Waals surface area contributed by atoms with Crippen molar-refractivity contribution in [3.05, 3.63) is 23.3 Å². The predicted molar refractivity (Wildman–Crippen MR) is 124 cm³/mol. The molecule has 1 nitrogen and oxygen atoms in total. The lowest BCUT2D eigenvalue weighted by molar-refractivity contribution is 0.0317. The first-order chi connectivity index (χ1) is 13.7. The Morgan fingerprint density at radius 1 is 0.931 bits per heavy atom. The fraction of sp³-hybridized carbons (Fsp3) is 0.857. The normalized spacial score (nSPS) is 43.7. The highest BCUT2D eigenvalue weighted by atomic mass is 16.3. The molecule has 1 N–H and O–H groups in total. The average molecular weight is 399 g/mol. The van der Waals surface area contributed by atoms with Crippen LogP contribution in [0.4, 0.5) is 0 Å². The second-order valence-electron chi connectivity index (χ2n) is 12.3. The van der Waals surface area contributed by atoms with Gasteiger partial charge in [-0.2, -0.15) is 0 Å². The molecule has 8 atom stereocenters. The van der Waals surface area contributed by atoms with E-state index in [0.29, 0.717) is 10.8 Å². The first-order valence-electron chi connectivity index (χ1n) is 12.8. The standard InChI is InChI=1S/C28H46O/c1-18(2)19(3)7-8-20(4)24-11-12-25-23-10-9-21-17-22(29)13-15-27(21,5)26(23)14-16-28(24,25)6/h9-10,18-20,22,24-26,29H,7-8,11-17H2,1-6H3/t19?,20?,22?,24-,25?,26?,27+,28-/m1/s1. The molecule has 5 unspecified atom stereocenters.